The molecular weight excluding hydrogens is 296 g/mol. The van der Waals surface area contributed by atoms with Gasteiger partial charge in [-0.1, -0.05) is 40.9 Å². The van der Waals surface area contributed by atoms with Crippen LogP contribution in [0, 0.1) is 0 Å². The van der Waals surface area contributed by atoms with Crippen molar-refractivity contribution < 1.29 is 14.6 Å². The highest BCUT2D eigenvalue weighted by Gasteiger charge is 2.01. The molecule has 100 valence electrons. The van der Waals surface area contributed by atoms with Crippen molar-refractivity contribution in [3.8, 4) is 0 Å². The molecule has 1 rings (SSSR count). The van der Waals surface area contributed by atoms with E-state index in [2.05, 4.69) is 15.9 Å². The number of aromatic carboxylic acids is 1. The molecule has 0 fully saturated rings. The van der Waals surface area contributed by atoms with E-state index in [4.69, 9.17) is 9.84 Å². The lowest BCUT2D eigenvalue weighted by atomic mass is 10.1. The Morgan fingerprint density at radius 3 is 2.39 bits per heavy atom. The molecule has 1 aromatic rings. The van der Waals surface area contributed by atoms with Gasteiger partial charge >= 0.3 is 5.97 Å². The third kappa shape index (κ3) is 6.17. The van der Waals surface area contributed by atoms with Crippen molar-refractivity contribution in [2.75, 3.05) is 11.9 Å². The molecule has 0 saturated carbocycles. The van der Waals surface area contributed by atoms with Gasteiger partial charge in [0.05, 0.1) is 12.2 Å². The smallest absolute Gasteiger partial charge is 0.335 e. The van der Waals surface area contributed by atoms with Gasteiger partial charge in [-0.2, -0.15) is 0 Å². The summed E-state index contributed by atoms with van der Waals surface area (Å²) in [6.07, 6.45) is 4.74. The summed E-state index contributed by atoms with van der Waals surface area (Å²) in [4.78, 5) is 10.7. The Bertz CT molecular complexity index is 349. The Morgan fingerprint density at radius 2 is 1.78 bits per heavy atom. The lowest BCUT2D eigenvalue weighted by molar-refractivity contribution is 0.0696. The number of carboxylic acid groups (broad SMARTS) is 1. The molecule has 0 aliphatic rings. The molecule has 18 heavy (non-hydrogen) atoms. The maximum atomic E-state index is 10.7. The second-order valence-electron chi connectivity index (χ2n) is 4.16. The summed E-state index contributed by atoms with van der Waals surface area (Å²) < 4.78 is 5.54. The van der Waals surface area contributed by atoms with Crippen LogP contribution < -0.4 is 0 Å². The molecule has 0 unspecified atom stereocenters. The molecule has 0 aliphatic heterocycles. The summed E-state index contributed by atoms with van der Waals surface area (Å²) in [7, 11) is 0. The molecule has 1 aromatic carbocycles. The van der Waals surface area contributed by atoms with E-state index in [1.165, 1.54) is 19.3 Å². The minimum absolute atomic E-state index is 0.313. The number of halogens is 1. The molecule has 4 heteroatoms. The maximum absolute atomic E-state index is 10.7. The van der Waals surface area contributed by atoms with Crippen molar-refractivity contribution in [2.45, 2.75) is 32.3 Å². The van der Waals surface area contributed by atoms with Crippen LogP contribution in [0.4, 0.5) is 0 Å². The van der Waals surface area contributed by atoms with Gasteiger partial charge in [-0.25, -0.2) is 4.79 Å². The van der Waals surface area contributed by atoms with Crippen LogP contribution in [-0.2, 0) is 11.3 Å². The number of ether oxygens (including phenoxy) is 1. The van der Waals surface area contributed by atoms with E-state index in [0.717, 1.165) is 23.9 Å². The molecule has 0 saturated heterocycles. The molecule has 0 bridgehead atoms. The Kier molecular flexibility index (Phi) is 7.69. The standard InChI is InChI=1S/C14H19BrO3/c15-9-3-1-2-4-10-18-11-12-5-7-13(8-6-12)14(16)17/h5-8H,1-4,9-11H2,(H,16,17). The molecule has 0 atom stereocenters. The van der Waals surface area contributed by atoms with Crippen molar-refractivity contribution in [1.29, 1.82) is 0 Å². The molecule has 0 amide bonds. The van der Waals surface area contributed by atoms with E-state index in [-0.39, 0.29) is 0 Å². The predicted molar refractivity (Wildman–Crippen MR) is 75.3 cm³/mol. The first kappa shape index (κ1) is 15.2. The number of alkyl halides is 1. The number of carboxylic acids is 1. The van der Waals surface area contributed by atoms with Gasteiger partial charge in [0.1, 0.15) is 0 Å². The van der Waals surface area contributed by atoms with Gasteiger partial charge in [-0.3, -0.25) is 0 Å². The van der Waals surface area contributed by atoms with Gasteiger partial charge in [0.2, 0.25) is 0 Å². The SMILES string of the molecule is O=C(O)c1ccc(COCCCCCCBr)cc1. The van der Waals surface area contributed by atoms with E-state index < -0.39 is 5.97 Å². The second-order valence-corrected chi connectivity index (χ2v) is 4.95. The zero-order valence-electron chi connectivity index (χ0n) is 10.4. The summed E-state index contributed by atoms with van der Waals surface area (Å²) >= 11 is 3.41. The molecule has 1 N–H and O–H groups in total. The van der Waals surface area contributed by atoms with E-state index in [1.54, 1.807) is 24.3 Å². The predicted octanol–water partition coefficient (Wildman–Crippen LogP) is 3.86. The first-order chi connectivity index (χ1) is 8.74. The maximum Gasteiger partial charge on any atom is 0.335 e. The van der Waals surface area contributed by atoms with Crippen LogP contribution in [-0.4, -0.2) is 23.0 Å². The number of carbonyl (C=O) groups is 1. The van der Waals surface area contributed by atoms with Gasteiger partial charge in [-0.05, 0) is 30.5 Å². The van der Waals surface area contributed by atoms with Crippen molar-refractivity contribution in [1.82, 2.24) is 0 Å². The normalized spacial score (nSPS) is 10.5. The Labute approximate surface area is 116 Å². The van der Waals surface area contributed by atoms with E-state index in [0.29, 0.717) is 12.2 Å². The van der Waals surface area contributed by atoms with E-state index in [1.807, 2.05) is 0 Å². The third-order valence-corrected chi connectivity index (χ3v) is 3.20. The van der Waals surface area contributed by atoms with Crippen LogP contribution in [0.5, 0.6) is 0 Å². The Morgan fingerprint density at radius 1 is 1.11 bits per heavy atom. The van der Waals surface area contributed by atoms with Crippen LogP contribution >= 0.6 is 15.9 Å². The lowest BCUT2D eigenvalue weighted by Crippen LogP contribution is -1.98. The number of hydrogen-bond acceptors (Lipinski definition) is 2. The molecule has 0 heterocycles. The molecule has 0 aromatic heterocycles. The molecule has 0 aliphatic carbocycles. The Balaban J connectivity index is 2.14. The Hall–Kier alpha value is -0.870. The first-order valence-corrected chi connectivity index (χ1v) is 7.32. The van der Waals surface area contributed by atoms with Gasteiger partial charge in [0.25, 0.3) is 0 Å². The van der Waals surface area contributed by atoms with Gasteiger partial charge in [0.15, 0.2) is 0 Å². The second kappa shape index (κ2) is 9.11. The van der Waals surface area contributed by atoms with Crippen molar-refractivity contribution in [2.24, 2.45) is 0 Å². The molecule has 0 radical (unpaired) electrons. The van der Waals surface area contributed by atoms with Gasteiger partial charge < -0.3 is 9.84 Å². The summed E-state index contributed by atoms with van der Waals surface area (Å²) in [6, 6.07) is 6.82. The zero-order chi connectivity index (χ0) is 13.2. The lowest BCUT2D eigenvalue weighted by Gasteiger charge is -2.04. The van der Waals surface area contributed by atoms with Gasteiger partial charge in [0, 0.05) is 11.9 Å². The molecular formula is C14H19BrO3. The molecule has 3 nitrogen and oxygen atoms in total. The minimum Gasteiger partial charge on any atom is -0.478 e. The first-order valence-electron chi connectivity index (χ1n) is 6.20. The average molecular weight is 315 g/mol. The van der Waals surface area contributed by atoms with Crippen LogP contribution in [0.2, 0.25) is 0 Å². The average Bonchev–Trinajstić information content (AvgIpc) is 2.38. The van der Waals surface area contributed by atoms with Crippen LogP contribution in [0.1, 0.15) is 41.6 Å². The van der Waals surface area contributed by atoms with E-state index in [9.17, 15) is 4.79 Å². The number of unbranched alkanes of at least 4 members (excludes halogenated alkanes) is 3. The van der Waals surface area contributed by atoms with Crippen LogP contribution in [0.25, 0.3) is 0 Å². The van der Waals surface area contributed by atoms with Gasteiger partial charge in [-0.15, -0.1) is 0 Å². The molecule has 0 spiro atoms. The highest BCUT2D eigenvalue weighted by Crippen LogP contribution is 2.07. The fourth-order valence-corrected chi connectivity index (χ4v) is 1.98. The van der Waals surface area contributed by atoms with Crippen molar-refractivity contribution >= 4 is 21.9 Å². The highest BCUT2D eigenvalue weighted by atomic mass is 79.9. The van der Waals surface area contributed by atoms with E-state index >= 15 is 0 Å². The number of hydrogen-bond donors (Lipinski definition) is 1. The van der Waals surface area contributed by atoms with Crippen molar-refractivity contribution in [3.05, 3.63) is 35.4 Å². The fourth-order valence-electron chi connectivity index (χ4n) is 1.59. The van der Waals surface area contributed by atoms with Crippen LogP contribution in [0.3, 0.4) is 0 Å². The largest absolute Gasteiger partial charge is 0.478 e. The third-order valence-electron chi connectivity index (χ3n) is 2.64. The van der Waals surface area contributed by atoms with Crippen LogP contribution in [0.15, 0.2) is 24.3 Å². The summed E-state index contributed by atoms with van der Waals surface area (Å²) in [5, 5.41) is 9.83. The number of benzene rings is 1. The monoisotopic (exact) mass is 314 g/mol. The van der Waals surface area contributed by atoms with Crippen molar-refractivity contribution in [3.63, 3.8) is 0 Å². The summed E-state index contributed by atoms with van der Waals surface area (Å²) in [6.45, 7) is 1.32. The quantitative estimate of drug-likeness (QED) is 0.556. The highest BCUT2D eigenvalue weighted by molar-refractivity contribution is 9.09. The number of rotatable bonds is 9. The zero-order valence-corrected chi connectivity index (χ0v) is 12.0. The summed E-state index contributed by atoms with van der Waals surface area (Å²) in [5.74, 6) is -0.894. The summed E-state index contributed by atoms with van der Waals surface area (Å²) in [5.41, 5.74) is 1.33. The minimum atomic E-state index is -0.894. The fraction of sp³-hybridized carbons (Fsp3) is 0.500. The topological polar surface area (TPSA) is 46.5 Å².